The molecule has 1 aromatic rings. The highest BCUT2D eigenvalue weighted by Gasteiger charge is 2.60. The van der Waals surface area contributed by atoms with Crippen LogP contribution in [0.25, 0.3) is 0 Å². The molecule has 4 aliphatic rings. The molecule has 0 spiro atoms. The fraction of sp³-hybridized carbons (Fsp3) is 0.588. The Kier molecular flexibility index (Phi) is 2.60. The van der Waals surface area contributed by atoms with Crippen LogP contribution in [0.15, 0.2) is 30.3 Å². The van der Waals surface area contributed by atoms with Crippen molar-refractivity contribution in [3.63, 3.8) is 0 Å². The van der Waals surface area contributed by atoms with E-state index in [9.17, 15) is 9.90 Å². The average molecular weight is 272 g/mol. The molecule has 3 heteroatoms. The molecule has 4 aliphatic carbocycles. The first-order chi connectivity index (χ1) is 9.68. The van der Waals surface area contributed by atoms with Crippen molar-refractivity contribution < 1.29 is 14.6 Å². The van der Waals surface area contributed by atoms with Crippen molar-refractivity contribution in [1.82, 2.24) is 0 Å². The maximum Gasteiger partial charge on any atom is 0.506 e. The highest BCUT2D eigenvalue weighted by molar-refractivity contribution is 5.58. The van der Waals surface area contributed by atoms with Gasteiger partial charge in [-0.25, -0.2) is 4.79 Å². The van der Waals surface area contributed by atoms with Gasteiger partial charge >= 0.3 is 6.16 Å². The molecule has 0 amide bonds. The van der Waals surface area contributed by atoms with E-state index in [1.54, 1.807) is 0 Å². The van der Waals surface area contributed by atoms with Gasteiger partial charge < -0.3 is 9.84 Å². The summed E-state index contributed by atoms with van der Waals surface area (Å²) in [5.74, 6) is 2.34. The van der Waals surface area contributed by atoms with Gasteiger partial charge in [0.15, 0.2) is 0 Å². The lowest BCUT2D eigenvalue weighted by molar-refractivity contribution is -0.187. The van der Waals surface area contributed by atoms with E-state index in [-0.39, 0.29) is 0 Å². The lowest BCUT2D eigenvalue weighted by Crippen LogP contribution is -2.57. The number of ether oxygens (including phenoxy) is 1. The Bertz CT molecular complexity index is 494. The average Bonchev–Trinajstić information content (AvgIpc) is 2.43. The van der Waals surface area contributed by atoms with Crippen molar-refractivity contribution >= 4 is 6.16 Å². The fourth-order valence-corrected chi connectivity index (χ4v) is 5.42. The van der Waals surface area contributed by atoms with Gasteiger partial charge in [-0.3, -0.25) is 0 Å². The minimum absolute atomic E-state index is 0.372. The van der Waals surface area contributed by atoms with Crippen LogP contribution in [0.5, 0.6) is 0 Å². The van der Waals surface area contributed by atoms with Gasteiger partial charge in [0.05, 0.1) is 0 Å². The zero-order valence-electron chi connectivity index (χ0n) is 11.5. The summed E-state index contributed by atoms with van der Waals surface area (Å²) in [5.41, 5.74) is 0.483. The molecule has 20 heavy (non-hydrogen) atoms. The van der Waals surface area contributed by atoms with Crippen LogP contribution in [-0.2, 0) is 10.3 Å². The van der Waals surface area contributed by atoms with Crippen molar-refractivity contribution in [3.05, 3.63) is 35.9 Å². The molecule has 1 N–H and O–H groups in total. The molecule has 5 rings (SSSR count). The van der Waals surface area contributed by atoms with Gasteiger partial charge in [-0.1, -0.05) is 30.3 Å². The first-order valence-electron chi connectivity index (χ1n) is 7.66. The van der Waals surface area contributed by atoms with E-state index in [0.717, 1.165) is 43.1 Å². The molecule has 1 aromatic carbocycles. The zero-order valence-corrected chi connectivity index (χ0v) is 11.5. The van der Waals surface area contributed by atoms with Crippen LogP contribution in [0.3, 0.4) is 0 Å². The molecule has 4 fully saturated rings. The van der Waals surface area contributed by atoms with Gasteiger partial charge in [0.25, 0.3) is 0 Å². The summed E-state index contributed by atoms with van der Waals surface area (Å²) in [6, 6.07) is 10.1. The standard InChI is InChI=1S/C17H20O3/c18-16(19)20-17(13-4-2-1-3-5-13)14-7-11-6-12(9-14)10-15(17)8-11/h1-5,11-12,14-15H,6-10H2,(H,18,19). The SMILES string of the molecule is O=C(O)OC1(c2ccccc2)C2CC3CC(C2)CC1C3. The van der Waals surface area contributed by atoms with E-state index in [4.69, 9.17) is 4.74 Å². The molecule has 4 saturated carbocycles. The Morgan fingerprint density at radius 2 is 1.55 bits per heavy atom. The number of hydrogen-bond donors (Lipinski definition) is 1. The molecular formula is C17H20O3. The molecule has 0 aromatic heterocycles. The molecule has 0 unspecified atom stereocenters. The second-order valence-electron chi connectivity index (χ2n) is 6.83. The van der Waals surface area contributed by atoms with Gasteiger partial charge in [0.2, 0.25) is 0 Å². The van der Waals surface area contributed by atoms with Crippen LogP contribution in [0.1, 0.15) is 37.7 Å². The first-order valence-corrected chi connectivity index (χ1v) is 7.66. The molecule has 4 bridgehead atoms. The summed E-state index contributed by atoms with van der Waals surface area (Å²) in [5, 5.41) is 9.30. The molecule has 0 aliphatic heterocycles. The largest absolute Gasteiger partial charge is 0.506 e. The molecule has 106 valence electrons. The third-order valence-electron chi connectivity index (χ3n) is 5.83. The lowest BCUT2D eigenvalue weighted by atomic mass is 9.48. The lowest BCUT2D eigenvalue weighted by Gasteiger charge is -2.59. The van der Waals surface area contributed by atoms with Crippen molar-refractivity contribution in [2.75, 3.05) is 0 Å². The van der Waals surface area contributed by atoms with Gasteiger partial charge in [0, 0.05) is 11.8 Å². The minimum Gasteiger partial charge on any atom is -0.450 e. The second-order valence-corrected chi connectivity index (χ2v) is 6.83. The summed E-state index contributed by atoms with van der Waals surface area (Å²) in [7, 11) is 0. The Balaban J connectivity index is 1.81. The summed E-state index contributed by atoms with van der Waals surface area (Å²) in [6.07, 6.45) is 4.76. The quantitative estimate of drug-likeness (QED) is 0.827. The maximum atomic E-state index is 11.3. The number of benzene rings is 1. The van der Waals surface area contributed by atoms with Crippen LogP contribution < -0.4 is 0 Å². The van der Waals surface area contributed by atoms with Gasteiger partial charge in [0.1, 0.15) is 5.60 Å². The van der Waals surface area contributed by atoms with Crippen LogP contribution in [-0.4, -0.2) is 11.3 Å². The number of hydrogen-bond acceptors (Lipinski definition) is 2. The molecule has 3 nitrogen and oxygen atoms in total. The highest BCUT2D eigenvalue weighted by atomic mass is 16.7. The summed E-state index contributed by atoms with van der Waals surface area (Å²) >= 11 is 0. The monoisotopic (exact) mass is 272 g/mol. The zero-order chi connectivity index (χ0) is 13.7. The van der Waals surface area contributed by atoms with E-state index >= 15 is 0 Å². The third kappa shape index (κ3) is 1.62. The van der Waals surface area contributed by atoms with Gasteiger partial charge in [-0.15, -0.1) is 0 Å². The summed E-state index contributed by atoms with van der Waals surface area (Å²) in [4.78, 5) is 11.3. The molecule has 0 heterocycles. The van der Waals surface area contributed by atoms with Crippen molar-refractivity contribution in [3.8, 4) is 0 Å². The Morgan fingerprint density at radius 3 is 2.05 bits per heavy atom. The van der Waals surface area contributed by atoms with Gasteiger partial charge in [-0.2, -0.15) is 0 Å². The Labute approximate surface area is 118 Å². The maximum absolute atomic E-state index is 11.3. The van der Waals surface area contributed by atoms with E-state index < -0.39 is 11.8 Å². The predicted molar refractivity (Wildman–Crippen MR) is 74.3 cm³/mol. The number of carboxylic acid groups (broad SMARTS) is 1. The van der Waals surface area contributed by atoms with Crippen molar-refractivity contribution in [1.29, 1.82) is 0 Å². The summed E-state index contributed by atoms with van der Waals surface area (Å²) in [6.45, 7) is 0. The van der Waals surface area contributed by atoms with E-state index in [0.29, 0.717) is 11.8 Å². The smallest absolute Gasteiger partial charge is 0.450 e. The minimum atomic E-state index is -1.12. The Hall–Kier alpha value is -1.51. The van der Waals surface area contributed by atoms with Gasteiger partial charge in [-0.05, 0) is 49.5 Å². The Morgan fingerprint density at radius 1 is 1.00 bits per heavy atom. The van der Waals surface area contributed by atoms with Crippen molar-refractivity contribution in [2.24, 2.45) is 23.7 Å². The molecular weight excluding hydrogens is 252 g/mol. The topological polar surface area (TPSA) is 46.5 Å². The van der Waals surface area contributed by atoms with Crippen LogP contribution in [0, 0.1) is 23.7 Å². The third-order valence-corrected chi connectivity index (χ3v) is 5.83. The predicted octanol–water partition coefficient (Wildman–Crippen LogP) is 4.03. The van der Waals surface area contributed by atoms with E-state index in [1.807, 2.05) is 30.3 Å². The normalized spacial score (nSPS) is 41.6. The first kappa shape index (κ1) is 12.2. The summed E-state index contributed by atoms with van der Waals surface area (Å²) < 4.78 is 5.62. The van der Waals surface area contributed by atoms with E-state index in [1.165, 1.54) is 6.42 Å². The molecule has 0 radical (unpaired) electrons. The number of rotatable bonds is 2. The van der Waals surface area contributed by atoms with Crippen LogP contribution in [0.2, 0.25) is 0 Å². The molecule has 0 atom stereocenters. The highest BCUT2D eigenvalue weighted by Crippen LogP contribution is 2.63. The van der Waals surface area contributed by atoms with Crippen LogP contribution in [0.4, 0.5) is 4.79 Å². The fourth-order valence-electron chi connectivity index (χ4n) is 5.42. The van der Waals surface area contributed by atoms with Crippen LogP contribution >= 0.6 is 0 Å². The molecule has 0 saturated heterocycles. The van der Waals surface area contributed by atoms with E-state index in [2.05, 4.69) is 0 Å². The second kappa shape index (κ2) is 4.24. The number of carbonyl (C=O) groups is 1. The van der Waals surface area contributed by atoms with Crippen molar-refractivity contribution in [2.45, 2.75) is 37.7 Å².